The Morgan fingerprint density at radius 2 is 2.14 bits per heavy atom. The van der Waals surface area contributed by atoms with Crippen molar-refractivity contribution >= 4 is 16.9 Å². The molecule has 21 heavy (non-hydrogen) atoms. The topological polar surface area (TPSA) is 77.8 Å². The molecule has 1 heterocycles. The summed E-state index contributed by atoms with van der Waals surface area (Å²) in [5.74, 6) is -0.715. The molecule has 2 rings (SSSR count). The smallest absolute Gasteiger partial charge is 0.341 e. The first-order chi connectivity index (χ1) is 10.1. The number of carboxylic acid groups (broad SMARTS) is 1. The highest BCUT2D eigenvalue weighted by molar-refractivity contribution is 5.94. The molecule has 0 aliphatic rings. The van der Waals surface area contributed by atoms with Crippen LogP contribution in [0.5, 0.6) is 5.75 Å². The minimum absolute atomic E-state index is 0.257. The molecule has 0 saturated carbocycles. The monoisotopic (exact) mass is 291 g/mol. The molecule has 0 bridgehead atoms. The van der Waals surface area contributed by atoms with E-state index in [-0.39, 0.29) is 5.56 Å². The Labute approximate surface area is 121 Å². The number of pyridine rings is 1. The number of hydrogen-bond acceptors (Lipinski definition) is 4. The molecule has 0 fully saturated rings. The fourth-order valence-electron chi connectivity index (χ4n) is 2.23. The lowest BCUT2D eigenvalue weighted by Gasteiger charge is -2.14. The zero-order valence-corrected chi connectivity index (χ0v) is 12.0. The Morgan fingerprint density at radius 3 is 2.76 bits per heavy atom. The maximum atomic E-state index is 12.2. The van der Waals surface area contributed by atoms with Gasteiger partial charge in [0.15, 0.2) is 0 Å². The van der Waals surface area contributed by atoms with Crippen LogP contribution in [0.2, 0.25) is 0 Å². The molecule has 1 aromatic carbocycles. The Bertz CT molecular complexity index is 720. The molecule has 2 aromatic rings. The van der Waals surface area contributed by atoms with Gasteiger partial charge < -0.3 is 19.1 Å². The number of nitrogens with zero attached hydrogens (tertiary/aromatic N) is 1. The largest absolute Gasteiger partial charge is 0.495 e. The van der Waals surface area contributed by atoms with E-state index in [1.165, 1.54) is 13.3 Å². The van der Waals surface area contributed by atoms with Gasteiger partial charge in [0.25, 0.3) is 0 Å². The van der Waals surface area contributed by atoms with Crippen LogP contribution in [0, 0.1) is 0 Å². The summed E-state index contributed by atoms with van der Waals surface area (Å²) in [5, 5.41) is 9.50. The second-order valence-electron chi connectivity index (χ2n) is 4.42. The SMILES string of the molecule is CCOCCn1cc(C(=O)O)c(=O)c2cccc(OC)c21. The van der Waals surface area contributed by atoms with Gasteiger partial charge in [0.05, 0.1) is 24.6 Å². The van der Waals surface area contributed by atoms with E-state index in [9.17, 15) is 14.7 Å². The van der Waals surface area contributed by atoms with Crippen LogP contribution in [0.15, 0.2) is 29.2 Å². The van der Waals surface area contributed by atoms with Crippen LogP contribution in [-0.4, -0.2) is 36.0 Å². The van der Waals surface area contributed by atoms with Gasteiger partial charge in [0.2, 0.25) is 5.43 Å². The zero-order chi connectivity index (χ0) is 15.4. The molecule has 6 heteroatoms. The van der Waals surface area contributed by atoms with Crippen LogP contribution in [0.4, 0.5) is 0 Å². The summed E-state index contributed by atoms with van der Waals surface area (Å²) < 4.78 is 12.3. The van der Waals surface area contributed by atoms with Crippen molar-refractivity contribution in [1.29, 1.82) is 0 Å². The van der Waals surface area contributed by atoms with E-state index < -0.39 is 11.4 Å². The summed E-state index contributed by atoms with van der Waals surface area (Å²) in [6.45, 7) is 3.31. The van der Waals surface area contributed by atoms with E-state index in [1.807, 2.05) is 6.92 Å². The van der Waals surface area contributed by atoms with Crippen molar-refractivity contribution in [2.45, 2.75) is 13.5 Å². The second-order valence-corrected chi connectivity index (χ2v) is 4.42. The molecule has 1 N–H and O–H groups in total. The number of hydrogen-bond donors (Lipinski definition) is 1. The van der Waals surface area contributed by atoms with Crippen LogP contribution in [0.3, 0.4) is 0 Å². The molecular weight excluding hydrogens is 274 g/mol. The molecule has 0 aliphatic carbocycles. The summed E-state index contributed by atoms with van der Waals surface area (Å²) in [6, 6.07) is 5.00. The van der Waals surface area contributed by atoms with Gasteiger partial charge in [-0.05, 0) is 19.1 Å². The molecule has 0 saturated heterocycles. The van der Waals surface area contributed by atoms with Gasteiger partial charge in [-0.25, -0.2) is 4.79 Å². The highest BCUT2D eigenvalue weighted by Gasteiger charge is 2.16. The van der Waals surface area contributed by atoms with Gasteiger partial charge in [-0.2, -0.15) is 0 Å². The third-order valence-electron chi connectivity index (χ3n) is 3.19. The van der Waals surface area contributed by atoms with Gasteiger partial charge in [-0.1, -0.05) is 6.07 Å². The van der Waals surface area contributed by atoms with Crippen LogP contribution in [-0.2, 0) is 11.3 Å². The molecule has 0 atom stereocenters. The van der Waals surface area contributed by atoms with Gasteiger partial charge >= 0.3 is 5.97 Å². The summed E-state index contributed by atoms with van der Waals surface area (Å²) in [5.41, 5.74) is -0.189. The fourth-order valence-corrected chi connectivity index (χ4v) is 2.23. The number of fused-ring (bicyclic) bond motifs is 1. The summed E-state index contributed by atoms with van der Waals surface area (Å²) >= 11 is 0. The average molecular weight is 291 g/mol. The Morgan fingerprint density at radius 1 is 1.38 bits per heavy atom. The predicted molar refractivity (Wildman–Crippen MR) is 78.2 cm³/mol. The van der Waals surface area contributed by atoms with Gasteiger partial charge in [-0.3, -0.25) is 4.79 Å². The first kappa shape index (κ1) is 15.1. The maximum Gasteiger partial charge on any atom is 0.341 e. The standard InChI is InChI=1S/C15H17NO5/c1-3-21-8-7-16-9-11(15(18)19)14(17)10-5-4-6-12(20-2)13(10)16/h4-6,9H,3,7-8H2,1-2H3,(H,18,19). The number of methoxy groups -OCH3 is 1. The number of aromatic carboxylic acids is 1. The highest BCUT2D eigenvalue weighted by Crippen LogP contribution is 2.23. The molecule has 0 unspecified atom stereocenters. The van der Waals surface area contributed by atoms with E-state index in [0.29, 0.717) is 36.4 Å². The molecular formula is C15H17NO5. The van der Waals surface area contributed by atoms with E-state index in [1.54, 1.807) is 22.8 Å². The van der Waals surface area contributed by atoms with Crippen LogP contribution >= 0.6 is 0 Å². The number of ether oxygens (including phenoxy) is 2. The van der Waals surface area contributed by atoms with Crippen molar-refractivity contribution < 1.29 is 19.4 Å². The number of benzene rings is 1. The lowest BCUT2D eigenvalue weighted by molar-refractivity contribution is 0.0694. The summed E-state index contributed by atoms with van der Waals surface area (Å²) in [4.78, 5) is 23.5. The van der Waals surface area contributed by atoms with E-state index in [4.69, 9.17) is 9.47 Å². The Hall–Kier alpha value is -2.34. The van der Waals surface area contributed by atoms with Crippen molar-refractivity contribution in [1.82, 2.24) is 4.57 Å². The Kier molecular flexibility index (Phi) is 4.59. The molecule has 0 amide bonds. The van der Waals surface area contributed by atoms with Gasteiger partial charge in [0.1, 0.15) is 11.3 Å². The number of carbonyl (C=O) groups is 1. The maximum absolute atomic E-state index is 12.2. The molecule has 112 valence electrons. The first-order valence-electron chi connectivity index (χ1n) is 6.61. The van der Waals surface area contributed by atoms with Crippen molar-refractivity contribution in [3.63, 3.8) is 0 Å². The van der Waals surface area contributed by atoms with Gasteiger partial charge in [0, 0.05) is 19.3 Å². The molecule has 0 radical (unpaired) electrons. The predicted octanol–water partition coefficient (Wildman–Crippen LogP) is 1.74. The fraction of sp³-hybridized carbons (Fsp3) is 0.333. The summed E-state index contributed by atoms with van der Waals surface area (Å²) in [6.07, 6.45) is 1.34. The minimum atomic E-state index is -1.24. The average Bonchev–Trinajstić information content (AvgIpc) is 2.48. The van der Waals surface area contributed by atoms with Crippen LogP contribution < -0.4 is 10.2 Å². The zero-order valence-electron chi connectivity index (χ0n) is 12.0. The second kappa shape index (κ2) is 6.41. The van der Waals surface area contributed by atoms with Crippen molar-refractivity contribution in [2.24, 2.45) is 0 Å². The third kappa shape index (κ3) is 2.90. The first-order valence-corrected chi connectivity index (χ1v) is 6.61. The van der Waals surface area contributed by atoms with Gasteiger partial charge in [-0.15, -0.1) is 0 Å². The Balaban J connectivity index is 2.70. The lowest BCUT2D eigenvalue weighted by Crippen LogP contribution is -2.20. The molecule has 0 spiro atoms. The molecule has 1 aromatic heterocycles. The van der Waals surface area contributed by atoms with E-state index >= 15 is 0 Å². The number of aromatic nitrogens is 1. The van der Waals surface area contributed by atoms with E-state index in [0.717, 1.165) is 0 Å². The molecule has 6 nitrogen and oxygen atoms in total. The third-order valence-corrected chi connectivity index (χ3v) is 3.19. The van der Waals surface area contributed by atoms with Crippen LogP contribution in [0.25, 0.3) is 10.9 Å². The number of carboxylic acids is 1. The van der Waals surface area contributed by atoms with Crippen LogP contribution in [0.1, 0.15) is 17.3 Å². The number of rotatable bonds is 6. The normalized spacial score (nSPS) is 10.8. The highest BCUT2D eigenvalue weighted by atomic mass is 16.5. The quantitative estimate of drug-likeness (QED) is 0.820. The van der Waals surface area contributed by atoms with Crippen molar-refractivity contribution in [2.75, 3.05) is 20.3 Å². The van der Waals surface area contributed by atoms with E-state index in [2.05, 4.69) is 0 Å². The molecule has 0 aliphatic heterocycles. The van der Waals surface area contributed by atoms with Crippen molar-refractivity contribution in [3.8, 4) is 5.75 Å². The lowest BCUT2D eigenvalue weighted by atomic mass is 10.1. The summed E-state index contributed by atoms with van der Waals surface area (Å²) in [7, 11) is 1.51. The number of para-hydroxylation sites is 1. The van der Waals surface area contributed by atoms with Crippen molar-refractivity contribution in [3.05, 3.63) is 40.2 Å². The minimum Gasteiger partial charge on any atom is -0.495 e.